The van der Waals surface area contributed by atoms with Crippen LogP contribution in [0.3, 0.4) is 0 Å². The Hall–Kier alpha value is -0.880. The van der Waals surface area contributed by atoms with E-state index in [9.17, 15) is 8.42 Å². The van der Waals surface area contributed by atoms with Crippen molar-refractivity contribution in [2.24, 2.45) is 0 Å². The largest absolute Gasteiger partial charge is 0.282 e. The lowest BCUT2D eigenvalue weighted by molar-refractivity contribution is 0.426. The molecule has 1 aromatic heterocycles. The Morgan fingerprint density at radius 1 is 1.25 bits per heavy atom. The topological polar surface area (TPSA) is 66.1 Å². The van der Waals surface area contributed by atoms with Crippen LogP contribution in [0, 0.1) is 6.92 Å². The van der Waals surface area contributed by atoms with Crippen molar-refractivity contribution in [2.75, 3.05) is 13.1 Å². The number of sulfonamides is 1. The van der Waals surface area contributed by atoms with E-state index in [4.69, 9.17) is 0 Å². The minimum absolute atomic E-state index is 0.141. The van der Waals surface area contributed by atoms with Crippen LogP contribution in [0.25, 0.3) is 0 Å². The van der Waals surface area contributed by atoms with Gasteiger partial charge in [0.05, 0.1) is 11.4 Å². The second-order valence-electron chi connectivity index (χ2n) is 6.12. The van der Waals surface area contributed by atoms with Crippen molar-refractivity contribution in [1.82, 2.24) is 14.5 Å². The molecule has 0 spiro atoms. The second-order valence-corrected chi connectivity index (χ2v) is 8.33. The number of rotatable bonds is 3. The third kappa shape index (κ3) is 2.51. The van der Waals surface area contributed by atoms with E-state index >= 15 is 0 Å². The Morgan fingerprint density at radius 3 is 2.65 bits per heavy atom. The molecule has 1 aliphatic heterocycles. The summed E-state index contributed by atoms with van der Waals surface area (Å²) >= 11 is 0. The molecule has 5 nitrogen and oxygen atoms in total. The smallest absolute Gasteiger partial charge is 0.217 e. The Kier molecular flexibility index (Phi) is 3.86. The molecule has 2 aliphatic rings. The predicted octanol–water partition coefficient (Wildman–Crippen LogP) is 2.17. The SMILES string of the molecule is Cc1cn[nH]c1[C@@H]1CCN(S(=O)(=O)C2CCCCC2)C1. The molecule has 2 fully saturated rings. The fourth-order valence-corrected chi connectivity index (χ4v) is 5.64. The highest BCUT2D eigenvalue weighted by atomic mass is 32.2. The van der Waals surface area contributed by atoms with Crippen LogP contribution in [-0.2, 0) is 10.0 Å². The molecule has 1 atom stereocenters. The van der Waals surface area contributed by atoms with E-state index in [2.05, 4.69) is 10.2 Å². The van der Waals surface area contributed by atoms with Crippen molar-refractivity contribution in [3.05, 3.63) is 17.5 Å². The molecule has 1 aliphatic carbocycles. The third-order valence-corrected chi connectivity index (χ3v) is 7.13. The van der Waals surface area contributed by atoms with Gasteiger partial charge in [0.25, 0.3) is 0 Å². The second kappa shape index (κ2) is 5.48. The maximum Gasteiger partial charge on any atom is 0.217 e. The molecule has 0 unspecified atom stereocenters. The van der Waals surface area contributed by atoms with E-state index in [0.717, 1.165) is 43.4 Å². The van der Waals surface area contributed by atoms with Crippen molar-refractivity contribution in [2.45, 2.75) is 56.6 Å². The zero-order chi connectivity index (χ0) is 14.2. The first-order valence-corrected chi connectivity index (χ1v) is 9.08. The van der Waals surface area contributed by atoms with Gasteiger partial charge in [-0.15, -0.1) is 0 Å². The van der Waals surface area contributed by atoms with Crippen LogP contribution < -0.4 is 0 Å². The quantitative estimate of drug-likeness (QED) is 0.930. The van der Waals surface area contributed by atoms with Gasteiger partial charge in [0, 0.05) is 24.7 Å². The first kappa shape index (κ1) is 14.1. The van der Waals surface area contributed by atoms with Crippen LogP contribution in [0.2, 0.25) is 0 Å². The molecule has 0 radical (unpaired) electrons. The Bertz CT molecular complexity index is 561. The monoisotopic (exact) mass is 297 g/mol. The summed E-state index contributed by atoms with van der Waals surface area (Å²) < 4.78 is 27.1. The van der Waals surface area contributed by atoms with Gasteiger partial charge in [-0.25, -0.2) is 12.7 Å². The predicted molar refractivity (Wildman–Crippen MR) is 78.0 cm³/mol. The van der Waals surface area contributed by atoms with Gasteiger partial charge in [-0.05, 0) is 31.7 Å². The van der Waals surface area contributed by atoms with E-state index in [0.29, 0.717) is 13.1 Å². The van der Waals surface area contributed by atoms with Gasteiger partial charge in [-0.2, -0.15) is 5.10 Å². The summed E-state index contributed by atoms with van der Waals surface area (Å²) in [7, 11) is -3.10. The lowest BCUT2D eigenvalue weighted by Crippen LogP contribution is -2.38. The number of aryl methyl sites for hydroxylation is 1. The van der Waals surface area contributed by atoms with Crippen LogP contribution >= 0.6 is 0 Å². The summed E-state index contributed by atoms with van der Waals surface area (Å²) in [5.74, 6) is 0.274. The van der Waals surface area contributed by atoms with Crippen LogP contribution in [0.1, 0.15) is 55.7 Å². The van der Waals surface area contributed by atoms with E-state index < -0.39 is 10.0 Å². The molecule has 1 saturated heterocycles. The molecular weight excluding hydrogens is 274 g/mol. The first-order chi connectivity index (χ1) is 9.59. The highest BCUT2D eigenvalue weighted by molar-refractivity contribution is 7.89. The average molecular weight is 297 g/mol. The number of nitrogens with zero attached hydrogens (tertiary/aromatic N) is 2. The molecule has 6 heteroatoms. The summed E-state index contributed by atoms with van der Waals surface area (Å²) in [6.07, 6.45) is 7.69. The maximum atomic E-state index is 12.7. The minimum atomic E-state index is -3.10. The Morgan fingerprint density at radius 2 is 2.00 bits per heavy atom. The Labute approximate surface area is 120 Å². The summed E-state index contributed by atoms with van der Waals surface area (Å²) in [5.41, 5.74) is 2.23. The van der Waals surface area contributed by atoms with Crippen LogP contribution in [0.5, 0.6) is 0 Å². The van der Waals surface area contributed by atoms with Crippen LogP contribution in [0.4, 0.5) is 0 Å². The summed E-state index contributed by atoms with van der Waals surface area (Å²) in [4.78, 5) is 0. The highest BCUT2D eigenvalue weighted by Gasteiger charge is 2.38. The van der Waals surface area contributed by atoms with E-state index in [1.165, 1.54) is 6.42 Å². The molecule has 0 bridgehead atoms. The molecule has 20 heavy (non-hydrogen) atoms. The lowest BCUT2D eigenvalue weighted by atomic mass is 10.0. The fourth-order valence-electron chi connectivity index (χ4n) is 3.54. The average Bonchev–Trinajstić information content (AvgIpc) is 3.08. The Balaban J connectivity index is 1.71. The van der Waals surface area contributed by atoms with Gasteiger partial charge in [-0.3, -0.25) is 5.10 Å². The van der Waals surface area contributed by atoms with Crippen LogP contribution in [0.15, 0.2) is 6.20 Å². The summed E-state index contributed by atoms with van der Waals surface area (Å²) in [5, 5.41) is 6.94. The van der Waals surface area contributed by atoms with Gasteiger partial charge in [0.1, 0.15) is 0 Å². The van der Waals surface area contributed by atoms with Crippen LogP contribution in [-0.4, -0.2) is 41.3 Å². The van der Waals surface area contributed by atoms with E-state index in [-0.39, 0.29) is 11.2 Å². The van der Waals surface area contributed by atoms with Crippen molar-refractivity contribution in [3.63, 3.8) is 0 Å². The number of hydrogen-bond donors (Lipinski definition) is 1. The maximum absolute atomic E-state index is 12.7. The third-order valence-electron chi connectivity index (χ3n) is 4.76. The van der Waals surface area contributed by atoms with Gasteiger partial charge in [-0.1, -0.05) is 19.3 Å². The van der Waals surface area contributed by atoms with Gasteiger partial charge >= 0.3 is 0 Å². The number of nitrogens with one attached hydrogen (secondary N) is 1. The zero-order valence-electron chi connectivity index (χ0n) is 12.0. The standard InChI is InChI=1S/C14H23N3O2S/c1-11-9-15-16-14(11)12-7-8-17(10-12)20(18,19)13-5-3-2-4-6-13/h9,12-13H,2-8,10H2,1H3,(H,15,16)/t12-/m1/s1. The van der Waals surface area contributed by atoms with Crippen molar-refractivity contribution in [3.8, 4) is 0 Å². The minimum Gasteiger partial charge on any atom is -0.282 e. The van der Waals surface area contributed by atoms with E-state index in [1.807, 2.05) is 13.1 Å². The molecule has 112 valence electrons. The normalized spacial score (nSPS) is 26.1. The van der Waals surface area contributed by atoms with Crippen molar-refractivity contribution >= 4 is 10.0 Å². The van der Waals surface area contributed by atoms with Crippen molar-refractivity contribution in [1.29, 1.82) is 0 Å². The molecule has 0 amide bonds. The van der Waals surface area contributed by atoms with Crippen molar-refractivity contribution < 1.29 is 8.42 Å². The van der Waals surface area contributed by atoms with E-state index in [1.54, 1.807) is 4.31 Å². The molecular formula is C14H23N3O2S. The van der Waals surface area contributed by atoms with Gasteiger partial charge < -0.3 is 0 Å². The first-order valence-electron chi connectivity index (χ1n) is 7.58. The molecule has 1 aromatic rings. The number of aromatic amines is 1. The number of hydrogen-bond acceptors (Lipinski definition) is 3. The zero-order valence-corrected chi connectivity index (χ0v) is 12.8. The molecule has 1 N–H and O–H groups in total. The molecule has 1 saturated carbocycles. The fraction of sp³-hybridized carbons (Fsp3) is 0.786. The number of H-pyrrole nitrogens is 1. The molecule has 2 heterocycles. The van der Waals surface area contributed by atoms with Gasteiger partial charge in [0.15, 0.2) is 0 Å². The lowest BCUT2D eigenvalue weighted by Gasteiger charge is -2.27. The summed E-state index contributed by atoms with van der Waals surface area (Å²) in [6, 6.07) is 0. The molecule has 3 rings (SSSR count). The summed E-state index contributed by atoms with van der Waals surface area (Å²) in [6.45, 7) is 3.29. The molecule has 0 aromatic carbocycles. The van der Waals surface area contributed by atoms with Gasteiger partial charge in [0.2, 0.25) is 10.0 Å². The highest BCUT2D eigenvalue weighted by Crippen LogP contribution is 2.33. The number of aromatic nitrogens is 2.